The van der Waals surface area contributed by atoms with Crippen LogP contribution in [0.3, 0.4) is 0 Å². The van der Waals surface area contributed by atoms with Gasteiger partial charge >= 0.3 is 0 Å². The lowest BCUT2D eigenvalue weighted by Crippen LogP contribution is -2.45. The molecule has 1 spiro atoms. The quantitative estimate of drug-likeness (QED) is 0.926. The van der Waals surface area contributed by atoms with Crippen molar-refractivity contribution in [2.75, 3.05) is 19.7 Å². The second-order valence-electron chi connectivity index (χ2n) is 6.21. The second kappa shape index (κ2) is 5.65. The summed E-state index contributed by atoms with van der Waals surface area (Å²) in [5.41, 5.74) is 2.58. The van der Waals surface area contributed by atoms with Crippen LogP contribution < -0.4 is 5.56 Å². The maximum Gasteiger partial charge on any atom is 0.247 e. The first kappa shape index (κ1) is 14.2. The summed E-state index contributed by atoms with van der Waals surface area (Å²) >= 11 is 1.85. The summed E-state index contributed by atoms with van der Waals surface area (Å²) in [6.45, 7) is 3.82. The van der Waals surface area contributed by atoms with Gasteiger partial charge in [0.15, 0.2) is 0 Å². The monoisotopic (exact) mass is 316 g/mol. The molecular weight excluding hydrogens is 296 g/mol. The van der Waals surface area contributed by atoms with Gasteiger partial charge in [0.05, 0.1) is 6.61 Å². The molecule has 1 fully saturated rings. The van der Waals surface area contributed by atoms with Gasteiger partial charge < -0.3 is 9.72 Å². The van der Waals surface area contributed by atoms with Crippen molar-refractivity contribution >= 4 is 11.3 Å². The zero-order chi connectivity index (χ0) is 15.0. The number of likely N-dealkylation sites (tertiary alicyclic amines) is 1. The third-order valence-corrected chi connectivity index (χ3v) is 5.97. The molecule has 1 saturated heterocycles. The van der Waals surface area contributed by atoms with E-state index in [9.17, 15) is 4.79 Å². The van der Waals surface area contributed by atoms with E-state index in [4.69, 9.17) is 4.74 Å². The van der Waals surface area contributed by atoms with E-state index in [2.05, 4.69) is 21.3 Å². The summed E-state index contributed by atoms with van der Waals surface area (Å²) in [5.74, 6) is 0. The fourth-order valence-electron chi connectivity index (χ4n) is 3.60. The van der Waals surface area contributed by atoms with Crippen molar-refractivity contribution in [3.05, 3.63) is 56.1 Å². The van der Waals surface area contributed by atoms with Gasteiger partial charge in [-0.05, 0) is 41.8 Å². The van der Waals surface area contributed by atoms with Crippen molar-refractivity contribution in [3.63, 3.8) is 0 Å². The van der Waals surface area contributed by atoms with E-state index in [-0.39, 0.29) is 11.2 Å². The van der Waals surface area contributed by atoms with Crippen LogP contribution in [0.1, 0.15) is 28.8 Å². The molecule has 2 aliphatic heterocycles. The molecule has 0 atom stereocenters. The number of hydrogen-bond acceptors (Lipinski definition) is 4. The highest BCUT2D eigenvalue weighted by Crippen LogP contribution is 2.44. The Morgan fingerprint density at radius 3 is 2.91 bits per heavy atom. The third-order valence-electron chi connectivity index (χ3n) is 4.83. The summed E-state index contributed by atoms with van der Waals surface area (Å²) in [4.78, 5) is 17.8. The molecule has 2 aromatic heterocycles. The number of rotatable bonds is 2. The number of aromatic amines is 1. The normalized spacial score (nSPS) is 20.9. The van der Waals surface area contributed by atoms with Crippen LogP contribution in [-0.4, -0.2) is 29.6 Å². The molecule has 22 heavy (non-hydrogen) atoms. The van der Waals surface area contributed by atoms with Gasteiger partial charge in [0.25, 0.3) is 0 Å². The molecule has 0 aromatic carbocycles. The molecule has 1 N–H and O–H groups in total. The largest absolute Gasteiger partial charge is 0.369 e. The van der Waals surface area contributed by atoms with Crippen LogP contribution in [0.15, 0.2) is 34.6 Å². The third kappa shape index (κ3) is 2.53. The number of ether oxygens (including phenoxy) is 1. The number of hydrogen-bond donors (Lipinski definition) is 1. The molecule has 0 bridgehead atoms. The molecule has 0 amide bonds. The van der Waals surface area contributed by atoms with E-state index >= 15 is 0 Å². The number of aromatic nitrogens is 1. The smallest absolute Gasteiger partial charge is 0.247 e. The SMILES string of the molecule is O=c1ccc(CN2CCC3(CC2)OCCc2ccsc23)c[nH]1. The first-order valence-corrected chi connectivity index (χ1v) is 8.74. The molecule has 4 rings (SSSR count). The van der Waals surface area contributed by atoms with Gasteiger partial charge in [-0.15, -0.1) is 11.3 Å². The van der Waals surface area contributed by atoms with E-state index in [0.717, 1.165) is 51.1 Å². The lowest BCUT2D eigenvalue weighted by molar-refractivity contribution is -0.0960. The maximum absolute atomic E-state index is 11.1. The zero-order valence-electron chi connectivity index (χ0n) is 12.5. The molecule has 5 heteroatoms. The Morgan fingerprint density at radius 2 is 2.14 bits per heavy atom. The lowest BCUT2D eigenvalue weighted by atomic mass is 9.85. The molecule has 0 unspecified atom stereocenters. The molecular formula is C17H20N2O2S. The Bertz CT molecular complexity index is 693. The summed E-state index contributed by atoms with van der Waals surface area (Å²) in [7, 11) is 0. The highest BCUT2D eigenvalue weighted by molar-refractivity contribution is 7.10. The molecule has 0 radical (unpaired) electrons. The van der Waals surface area contributed by atoms with Gasteiger partial charge in [-0.25, -0.2) is 0 Å². The van der Waals surface area contributed by atoms with Gasteiger partial charge in [-0.2, -0.15) is 0 Å². The van der Waals surface area contributed by atoms with Gasteiger partial charge in [0.1, 0.15) is 5.60 Å². The first-order valence-electron chi connectivity index (χ1n) is 7.86. The van der Waals surface area contributed by atoms with Crippen LogP contribution >= 0.6 is 11.3 Å². The minimum absolute atomic E-state index is 0.0384. The van der Waals surface area contributed by atoms with Gasteiger partial charge in [-0.1, -0.05) is 6.07 Å². The number of nitrogens with one attached hydrogen (secondary N) is 1. The van der Waals surface area contributed by atoms with E-state index in [1.165, 1.54) is 10.4 Å². The summed E-state index contributed by atoms with van der Waals surface area (Å²) in [5, 5.41) is 2.20. The molecule has 0 aliphatic carbocycles. The topological polar surface area (TPSA) is 45.3 Å². The van der Waals surface area contributed by atoms with Crippen molar-refractivity contribution in [2.45, 2.75) is 31.4 Å². The average Bonchev–Trinajstić information content (AvgIpc) is 3.02. The van der Waals surface area contributed by atoms with Gasteiger partial charge in [0.2, 0.25) is 5.56 Å². The molecule has 4 nitrogen and oxygen atoms in total. The van der Waals surface area contributed by atoms with Crippen LogP contribution in [0.4, 0.5) is 0 Å². The summed E-state index contributed by atoms with van der Waals surface area (Å²) in [6, 6.07) is 5.78. The standard InChI is InChI=1S/C17H20N2O2S/c20-15-2-1-13(11-18-15)12-19-7-5-17(6-8-19)16-14(3-9-21-17)4-10-22-16/h1-2,4,10-11H,3,5-9,12H2,(H,18,20). The number of nitrogens with zero attached hydrogens (tertiary/aromatic N) is 1. The van der Waals surface area contributed by atoms with Gasteiger partial charge in [0, 0.05) is 36.8 Å². The highest BCUT2D eigenvalue weighted by Gasteiger charge is 2.41. The van der Waals surface area contributed by atoms with Crippen LogP contribution in [0.2, 0.25) is 0 Å². The van der Waals surface area contributed by atoms with Crippen molar-refractivity contribution in [3.8, 4) is 0 Å². The Kier molecular flexibility index (Phi) is 3.64. The van der Waals surface area contributed by atoms with Crippen LogP contribution in [-0.2, 0) is 23.3 Å². The number of piperidine rings is 1. The highest BCUT2D eigenvalue weighted by atomic mass is 32.1. The van der Waals surface area contributed by atoms with Crippen LogP contribution in [0, 0.1) is 0 Å². The molecule has 2 aliphatic rings. The minimum atomic E-state index is -0.0397. The Morgan fingerprint density at radius 1 is 1.27 bits per heavy atom. The molecule has 4 heterocycles. The predicted molar refractivity (Wildman–Crippen MR) is 87.2 cm³/mol. The van der Waals surface area contributed by atoms with Crippen molar-refractivity contribution in [2.24, 2.45) is 0 Å². The fourth-order valence-corrected chi connectivity index (χ4v) is 4.77. The first-order chi connectivity index (χ1) is 10.8. The molecule has 0 saturated carbocycles. The Hall–Kier alpha value is -1.43. The number of pyridine rings is 1. The predicted octanol–water partition coefficient (Wildman–Crippen LogP) is 2.50. The molecule has 116 valence electrons. The van der Waals surface area contributed by atoms with E-state index in [1.54, 1.807) is 6.07 Å². The number of H-pyrrole nitrogens is 1. The lowest BCUT2D eigenvalue weighted by Gasteiger charge is -2.43. The van der Waals surface area contributed by atoms with Crippen LogP contribution in [0.25, 0.3) is 0 Å². The number of fused-ring (bicyclic) bond motifs is 2. The average molecular weight is 316 g/mol. The maximum atomic E-state index is 11.1. The van der Waals surface area contributed by atoms with Crippen molar-refractivity contribution in [1.29, 1.82) is 0 Å². The Balaban J connectivity index is 1.45. The zero-order valence-corrected chi connectivity index (χ0v) is 13.3. The second-order valence-corrected chi connectivity index (χ2v) is 7.12. The molecule has 2 aromatic rings. The minimum Gasteiger partial charge on any atom is -0.369 e. The summed E-state index contributed by atoms with van der Waals surface area (Å²) < 4.78 is 6.24. The van der Waals surface area contributed by atoms with Crippen molar-refractivity contribution < 1.29 is 4.74 Å². The van der Waals surface area contributed by atoms with Gasteiger partial charge in [-0.3, -0.25) is 9.69 Å². The van der Waals surface area contributed by atoms with E-state index < -0.39 is 0 Å². The van der Waals surface area contributed by atoms with E-state index in [0.29, 0.717) is 0 Å². The summed E-state index contributed by atoms with van der Waals surface area (Å²) in [6.07, 6.45) is 5.00. The van der Waals surface area contributed by atoms with E-state index in [1.807, 2.05) is 23.6 Å². The van der Waals surface area contributed by atoms with Crippen LogP contribution in [0.5, 0.6) is 0 Å². The number of thiophene rings is 1. The fraction of sp³-hybridized carbons (Fsp3) is 0.471. The van der Waals surface area contributed by atoms with Crippen molar-refractivity contribution in [1.82, 2.24) is 9.88 Å². The Labute approximate surface area is 133 Å².